The van der Waals surface area contributed by atoms with E-state index in [1.165, 1.54) is 0 Å². The molecule has 0 aliphatic heterocycles. The lowest BCUT2D eigenvalue weighted by molar-refractivity contribution is 0.0945. The minimum absolute atomic E-state index is 0.252. The smallest absolute Gasteiger partial charge is 0.270 e. The molecule has 25 heavy (non-hydrogen) atoms. The molecule has 0 unspecified atom stereocenters. The van der Waals surface area contributed by atoms with Gasteiger partial charge < -0.3 is 10.3 Å². The Kier molecular flexibility index (Phi) is 5.49. The van der Waals surface area contributed by atoms with Crippen molar-refractivity contribution in [2.45, 2.75) is 6.54 Å². The Bertz CT molecular complexity index is 934. The second-order valence-electron chi connectivity index (χ2n) is 5.44. The molecule has 0 aliphatic rings. The van der Waals surface area contributed by atoms with Gasteiger partial charge in [-0.15, -0.1) is 0 Å². The summed E-state index contributed by atoms with van der Waals surface area (Å²) in [5, 5.41) is 2.86. The molecule has 0 saturated heterocycles. The number of hydrogen-bond acceptors (Lipinski definition) is 3. The summed E-state index contributed by atoms with van der Waals surface area (Å²) in [7, 11) is 0. The van der Waals surface area contributed by atoms with Gasteiger partial charge in [0, 0.05) is 12.2 Å². The molecular formula is C20H17N3OS. The number of hydrogen-bond donors (Lipinski definition) is 2. The molecule has 0 spiro atoms. The van der Waals surface area contributed by atoms with Crippen molar-refractivity contribution in [1.82, 2.24) is 15.3 Å². The van der Waals surface area contributed by atoms with Crippen molar-refractivity contribution in [2.24, 2.45) is 0 Å². The average molecular weight is 347 g/mol. The molecule has 3 aromatic rings. The van der Waals surface area contributed by atoms with Gasteiger partial charge in [-0.25, -0.2) is 4.98 Å². The topological polar surface area (TPSA) is 57.8 Å². The largest absolute Gasteiger partial charge is 0.347 e. The van der Waals surface area contributed by atoms with Crippen LogP contribution in [0.15, 0.2) is 66.7 Å². The number of carbonyl (C=O) groups excluding carboxylic acids is 1. The first kappa shape index (κ1) is 16.8. The highest BCUT2D eigenvalue weighted by molar-refractivity contribution is 7.71. The molecule has 1 heterocycles. The molecule has 2 N–H and O–H groups in total. The van der Waals surface area contributed by atoms with Crippen molar-refractivity contribution in [3.05, 3.63) is 94.0 Å². The van der Waals surface area contributed by atoms with Crippen LogP contribution >= 0.6 is 12.2 Å². The Balaban J connectivity index is 1.73. The van der Waals surface area contributed by atoms with Gasteiger partial charge in [-0.3, -0.25) is 4.79 Å². The minimum Gasteiger partial charge on any atom is -0.347 e. The normalized spacial score (nSPS) is 10.7. The van der Waals surface area contributed by atoms with Crippen LogP contribution in [0.4, 0.5) is 0 Å². The summed E-state index contributed by atoms with van der Waals surface area (Å²) < 4.78 is 0.278. The molecule has 3 rings (SSSR count). The molecule has 0 fully saturated rings. The third-order valence-corrected chi connectivity index (χ3v) is 3.74. The molecule has 0 bridgehead atoms. The monoisotopic (exact) mass is 347 g/mol. The van der Waals surface area contributed by atoms with Gasteiger partial charge in [0.1, 0.15) is 5.69 Å². The van der Waals surface area contributed by atoms with Gasteiger partial charge in [-0.2, -0.15) is 0 Å². The summed E-state index contributed by atoms with van der Waals surface area (Å²) in [6, 6.07) is 21.3. The summed E-state index contributed by atoms with van der Waals surface area (Å²) in [6.45, 7) is 0.446. The van der Waals surface area contributed by atoms with Gasteiger partial charge >= 0.3 is 0 Å². The van der Waals surface area contributed by atoms with Crippen LogP contribution in [0.3, 0.4) is 0 Å². The molecule has 0 aliphatic carbocycles. The number of aromatic amines is 1. The Labute approximate surface area is 151 Å². The quantitative estimate of drug-likeness (QED) is 0.679. The van der Waals surface area contributed by atoms with Crippen LogP contribution in [0.1, 0.15) is 27.3 Å². The molecule has 5 heteroatoms. The number of rotatable bonds is 5. The van der Waals surface area contributed by atoms with E-state index in [-0.39, 0.29) is 10.7 Å². The zero-order chi connectivity index (χ0) is 17.5. The maximum Gasteiger partial charge on any atom is 0.270 e. The van der Waals surface area contributed by atoms with Gasteiger partial charge in [-0.05, 0) is 35.5 Å². The lowest BCUT2D eigenvalue weighted by atomic mass is 10.2. The molecule has 1 amide bonds. The molecule has 0 atom stereocenters. The van der Waals surface area contributed by atoms with Gasteiger partial charge in [0.15, 0.2) is 4.77 Å². The molecule has 0 radical (unpaired) electrons. The van der Waals surface area contributed by atoms with E-state index in [1.54, 1.807) is 6.07 Å². The molecular weight excluding hydrogens is 330 g/mol. The van der Waals surface area contributed by atoms with Gasteiger partial charge in [0.25, 0.3) is 5.91 Å². The highest BCUT2D eigenvalue weighted by Crippen LogP contribution is 2.08. The number of aromatic nitrogens is 2. The minimum atomic E-state index is -0.252. The molecule has 1 aromatic heterocycles. The third-order valence-electron chi connectivity index (χ3n) is 3.55. The van der Waals surface area contributed by atoms with Crippen molar-refractivity contribution in [1.29, 1.82) is 0 Å². The van der Waals surface area contributed by atoms with Crippen LogP contribution in [0.25, 0.3) is 12.2 Å². The second kappa shape index (κ2) is 8.17. The summed E-state index contributed by atoms with van der Waals surface area (Å²) >= 11 is 5.13. The number of benzene rings is 2. The lowest BCUT2D eigenvalue weighted by Gasteiger charge is -2.05. The van der Waals surface area contributed by atoms with E-state index in [2.05, 4.69) is 15.3 Å². The van der Waals surface area contributed by atoms with E-state index < -0.39 is 0 Å². The van der Waals surface area contributed by atoms with Crippen LogP contribution in [0.2, 0.25) is 0 Å². The molecule has 0 saturated carbocycles. The lowest BCUT2D eigenvalue weighted by Crippen LogP contribution is -2.24. The van der Waals surface area contributed by atoms with Gasteiger partial charge in [0.2, 0.25) is 0 Å². The van der Waals surface area contributed by atoms with Crippen LogP contribution in [0, 0.1) is 4.77 Å². The Morgan fingerprint density at radius 2 is 1.72 bits per heavy atom. The van der Waals surface area contributed by atoms with Crippen LogP contribution in [-0.2, 0) is 6.54 Å². The third kappa shape index (κ3) is 4.96. The Morgan fingerprint density at radius 3 is 2.44 bits per heavy atom. The fourth-order valence-corrected chi connectivity index (χ4v) is 2.52. The zero-order valence-corrected chi connectivity index (χ0v) is 14.3. The van der Waals surface area contributed by atoms with Crippen LogP contribution in [0.5, 0.6) is 0 Å². The van der Waals surface area contributed by atoms with E-state index in [9.17, 15) is 4.79 Å². The maximum atomic E-state index is 12.3. The number of nitrogens with one attached hydrogen (secondary N) is 2. The van der Waals surface area contributed by atoms with E-state index >= 15 is 0 Å². The van der Waals surface area contributed by atoms with Crippen molar-refractivity contribution < 1.29 is 4.79 Å². The molecule has 124 valence electrons. The first-order valence-electron chi connectivity index (χ1n) is 7.87. The number of nitrogens with zero attached hydrogens (tertiary/aromatic N) is 1. The number of amides is 1. The fourth-order valence-electron chi connectivity index (χ4n) is 2.30. The number of H-pyrrole nitrogens is 1. The predicted molar refractivity (Wildman–Crippen MR) is 102 cm³/mol. The van der Waals surface area contributed by atoms with Crippen LogP contribution < -0.4 is 5.32 Å². The summed E-state index contributed by atoms with van der Waals surface area (Å²) in [6.07, 6.45) is 3.83. The standard InChI is InChI=1S/C20H17N3OS/c24-19(21-14-16-9-5-2-6-10-16)18-13-17(22-20(25)23-18)12-11-15-7-3-1-4-8-15/h1-13H,14H2,(H,21,24)(H,22,23,25)/b12-11+. The van der Waals surface area contributed by atoms with Gasteiger partial charge in [-0.1, -0.05) is 66.7 Å². The molecule has 2 aromatic carbocycles. The highest BCUT2D eigenvalue weighted by Gasteiger charge is 2.08. The maximum absolute atomic E-state index is 12.3. The van der Waals surface area contributed by atoms with E-state index in [4.69, 9.17) is 12.2 Å². The van der Waals surface area contributed by atoms with Gasteiger partial charge in [0.05, 0.1) is 0 Å². The highest BCUT2D eigenvalue weighted by atomic mass is 32.1. The van der Waals surface area contributed by atoms with E-state index in [0.717, 1.165) is 16.8 Å². The van der Waals surface area contributed by atoms with Crippen molar-refractivity contribution in [3.63, 3.8) is 0 Å². The van der Waals surface area contributed by atoms with Crippen molar-refractivity contribution >= 4 is 30.3 Å². The van der Waals surface area contributed by atoms with Crippen molar-refractivity contribution in [3.8, 4) is 0 Å². The SMILES string of the molecule is O=C(NCc1ccccc1)c1cc(/C=C/c2ccccc2)[nH]c(=S)n1. The predicted octanol–water partition coefficient (Wildman–Crippen LogP) is 4.24. The first-order valence-corrected chi connectivity index (χ1v) is 8.28. The van der Waals surface area contributed by atoms with E-state index in [0.29, 0.717) is 12.2 Å². The Hall–Kier alpha value is -3.05. The number of carbonyl (C=O) groups is 1. The fraction of sp³-hybridized carbons (Fsp3) is 0.0500. The van der Waals surface area contributed by atoms with Crippen LogP contribution in [-0.4, -0.2) is 15.9 Å². The average Bonchev–Trinajstić information content (AvgIpc) is 2.66. The second-order valence-corrected chi connectivity index (χ2v) is 5.83. The first-order chi connectivity index (χ1) is 12.2. The molecule has 4 nitrogen and oxygen atoms in total. The Morgan fingerprint density at radius 1 is 1.04 bits per heavy atom. The zero-order valence-electron chi connectivity index (χ0n) is 13.5. The summed E-state index contributed by atoms with van der Waals surface area (Å²) in [5.74, 6) is -0.252. The van der Waals surface area contributed by atoms with E-state index in [1.807, 2.05) is 72.8 Å². The summed E-state index contributed by atoms with van der Waals surface area (Å²) in [5.41, 5.74) is 3.12. The van der Waals surface area contributed by atoms with Crippen molar-refractivity contribution in [2.75, 3.05) is 0 Å². The summed E-state index contributed by atoms with van der Waals surface area (Å²) in [4.78, 5) is 19.4.